The average Bonchev–Trinajstić information content (AvgIpc) is 2.64. The molecule has 1 aliphatic heterocycles. The number of likely N-dealkylation sites (N-methyl/N-ethyl adjacent to an activating group) is 1. The van der Waals surface area contributed by atoms with Crippen LogP contribution in [0.15, 0.2) is 29.4 Å². The Kier molecular flexibility index (Phi) is 8.18. The van der Waals surface area contributed by atoms with Crippen molar-refractivity contribution in [3.63, 3.8) is 0 Å². The SMILES string of the molecule is CN(C)C(=O)CN=C(NCCc1ccccn1)NCC1CCCCO1. The van der Waals surface area contributed by atoms with E-state index in [-0.39, 0.29) is 18.6 Å². The van der Waals surface area contributed by atoms with Crippen LogP contribution in [0, 0.1) is 0 Å². The van der Waals surface area contributed by atoms with E-state index < -0.39 is 0 Å². The van der Waals surface area contributed by atoms with Gasteiger partial charge in [0.15, 0.2) is 5.96 Å². The maximum absolute atomic E-state index is 11.8. The van der Waals surface area contributed by atoms with Crippen molar-refractivity contribution in [3.8, 4) is 0 Å². The number of aromatic nitrogens is 1. The van der Waals surface area contributed by atoms with E-state index in [2.05, 4.69) is 20.6 Å². The Morgan fingerprint density at radius 1 is 1.36 bits per heavy atom. The van der Waals surface area contributed by atoms with Crippen LogP contribution in [0.5, 0.6) is 0 Å². The minimum Gasteiger partial charge on any atom is -0.376 e. The standard InChI is InChI=1S/C18H29N5O2/c1-23(2)17(24)14-22-18(21-13-16-8-4-6-12-25-16)20-11-9-15-7-3-5-10-19-15/h3,5,7,10,16H,4,6,8-9,11-14H2,1-2H3,(H2,20,21,22). The van der Waals surface area contributed by atoms with Gasteiger partial charge in [0, 0.05) is 52.1 Å². The topological polar surface area (TPSA) is 78.9 Å². The number of nitrogens with zero attached hydrogens (tertiary/aromatic N) is 3. The molecule has 1 atom stereocenters. The van der Waals surface area contributed by atoms with E-state index in [1.807, 2.05) is 18.2 Å². The quantitative estimate of drug-likeness (QED) is 0.564. The van der Waals surface area contributed by atoms with Gasteiger partial charge in [0.05, 0.1) is 6.10 Å². The maximum Gasteiger partial charge on any atom is 0.243 e. The second-order valence-corrected chi connectivity index (χ2v) is 6.32. The Morgan fingerprint density at radius 2 is 2.24 bits per heavy atom. The predicted molar refractivity (Wildman–Crippen MR) is 98.5 cm³/mol. The lowest BCUT2D eigenvalue weighted by atomic mass is 10.1. The number of hydrogen-bond donors (Lipinski definition) is 2. The molecule has 0 saturated carbocycles. The third-order valence-electron chi connectivity index (χ3n) is 4.04. The Bertz CT molecular complexity index is 542. The van der Waals surface area contributed by atoms with Crippen molar-refractivity contribution in [1.29, 1.82) is 0 Å². The summed E-state index contributed by atoms with van der Waals surface area (Å²) in [7, 11) is 3.46. The molecule has 1 unspecified atom stereocenters. The molecule has 0 aromatic carbocycles. The van der Waals surface area contributed by atoms with E-state index in [0.717, 1.165) is 31.6 Å². The summed E-state index contributed by atoms with van der Waals surface area (Å²) < 4.78 is 5.74. The molecular formula is C18H29N5O2. The van der Waals surface area contributed by atoms with Crippen LogP contribution in [0.2, 0.25) is 0 Å². The van der Waals surface area contributed by atoms with Crippen molar-refractivity contribution in [2.45, 2.75) is 31.8 Å². The molecule has 0 bridgehead atoms. The van der Waals surface area contributed by atoms with Gasteiger partial charge in [0.1, 0.15) is 6.54 Å². The number of ether oxygens (including phenoxy) is 1. The van der Waals surface area contributed by atoms with Gasteiger partial charge in [-0.05, 0) is 31.4 Å². The highest BCUT2D eigenvalue weighted by atomic mass is 16.5. The highest BCUT2D eigenvalue weighted by molar-refractivity contribution is 5.84. The van der Waals surface area contributed by atoms with Gasteiger partial charge in [-0.2, -0.15) is 0 Å². The maximum atomic E-state index is 11.8. The van der Waals surface area contributed by atoms with E-state index >= 15 is 0 Å². The molecule has 0 spiro atoms. The Hall–Kier alpha value is -2.15. The molecule has 7 heteroatoms. The molecule has 138 valence electrons. The second kappa shape index (κ2) is 10.7. The van der Waals surface area contributed by atoms with Crippen molar-refractivity contribution in [2.24, 2.45) is 4.99 Å². The van der Waals surface area contributed by atoms with Crippen LogP contribution in [0.25, 0.3) is 0 Å². The van der Waals surface area contributed by atoms with Crippen molar-refractivity contribution in [2.75, 3.05) is 40.3 Å². The number of aliphatic imine (C=N–C) groups is 1. The number of pyridine rings is 1. The molecule has 2 N–H and O–H groups in total. The largest absolute Gasteiger partial charge is 0.376 e. The monoisotopic (exact) mass is 347 g/mol. The fraction of sp³-hybridized carbons (Fsp3) is 0.611. The molecule has 1 saturated heterocycles. The third-order valence-corrected chi connectivity index (χ3v) is 4.04. The van der Waals surface area contributed by atoms with Gasteiger partial charge in [-0.15, -0.1) is 0 Å². The van der Waals surface area contributed by atoms with Crippen LogP contribution < -0.4 is 10.6 Å². The van der Waals surface area contributed by atoms with Crippen LogP contribution in [0.1, 0.15) is 25.0 Å². The van der Waals surface area contributed by atoms with Crippen LogP contribution in [-0.2, 0) is 16.0 Å². The lowest BCUT2D eigenvalue weighted by Crippen LogP contribution is -2.43. The fourth-order valence-electron chi connectivity index (χ4n) is 2.50. The van der Waals surface area contributed by atoms with E-state index in [1.54, 1.807) is 25.2 Å². The highest BCUT2D eigenvalue weighted by Gasteiger charge is 2.14. The molecule has 25 heavy (non-hydrogen) atoms. The molecule has 0 radical (unpaired) electrons. The van der Waals surface area contributed by atoms with Gasteiger partial charge in [-0.25, -0.2) is 4.99 Å². The van der Waals surface area contributed by atoms with Gasteiger partial charge in [-0.3, -0.25) is 9.78 Å². The molecule has 1 aromatic heterocycles. The molecular weight excluding hydrogens is 318 g/mol. The first-order chi connectivity index (χ1) is 12.1. The van der Waals surface area contributed by atoms with Crippen molar-refractivity contribution in [3.05, 3.63) is 30.1 Å². The molecule has 1 amide bonds. The van der Waals surface area contributed by atoms with Crippen LogP contribution in [0.3, 0.4) is 0 Å². The average molecular weight is 347 g/mol. The lowest BCUT2D eigenvalue weighted by Gasteiger charge is -2.24. The van der Waals surface area contributed by atoms with Crippen molar-refractivity contribution >= 4 is 11.9 Å². The molecule has 2 heterocycles. The summed E-state index contributed by atoms with van der Waals surface area (Å²) in [5, 5.41) is 6.57. The number of guanidine groups is 1. The number of nitrogens with one attached hydrogen (secondary N) is 2. The van der Waals surface area contributed by atoms with Crippen LogP contribution in [-0.4, -0.2) is 68.2 Å². The second-order valence-electron chi connectivity index (χ2n) is 6.32. The van der Waals surface area contributed by atoms with E-state index in [9.17, 15) is 4.79 Å². The van der Waals surface area contributed by atoms with Gasteiger partial charge in [0.25, 0.3) is 0 Å². The van der Waals surface area contributed by atoms with E-state index in [4.69, 9.17) is 4.74 Å². The predicted octanol–water partition coefficient (Wildman–Crippen LogP) is 0.817. The Balaban J connectivity index is 1.83. The Morgan fingerprint density at radius 3 is 2.92 bits per heavy atom. The third kappa shape index (κ3) is 7.51. The van der Waals surface area contributed by atoms with Crippen LogP contribution >= 0.6 is 0 Å². The van der Waals surface area contributed by atoms with E-state index in [0.29, 0.717) is 19.0 Å². The number of rotatable bonds is 7. The van der Waals surface area contributed by atoms with Gasteiger partial charge >= 0.3 is 0 Å². The number of amides is 1. The molecule has 1 fully saturated rings. The summed E-state index contributed by atoms with van der Waals surface area (Å²) in [5.74, 6) is 0.611. The molecule has 1 aromatic rings. The van der Waals surface area contributed by atoms with E-state index in [1.165, 1.54) is 6.42 Å². The minimum absolute atomic E-state index is 0.0280. The number of carbonyl (C=O) groups excluding carboxylic acids is 1. The zero-order valence-electron chi connectivity index (χ0n) is 15.2. The van der Waals surface area contributed by atoms with Gasteiger partial charge < -0.3 is 20.3 Å². The molecule has 7 nitrogen and oxygen atoms in total. The molecule has 1 aliphatic rings. The molecule has 2 rings (SSSR count). The summed E-state index contributed by atoms with van der Waals surface area (Å²) in [6.45, 7) is 2.35. The number of hydrogen-bond acceptors (Lipinski definition) is 4. The number of carbonyl (C=O) groups is 1. The smallest absolute Gasteiger partial charge is 0.243 e. The summed E-state index contributed by atoms with van der Waals surface area (Å²) >= 11 is 0. The van der Waals surface area contributed by atoms with Gasteiger partial charge in [-0.1, -0.05) is 6.07 Å². The highest BCUT2D eigenvalue weighted by Crippen LogP contribution is 2.11. The lowest BCUT2D eigenvalue weighted by molar-refractivity contribution is -0.127. The summed E-state index contributed by atoms with van der Waals surface area (Å²) in [5.41, 5.74) is 1.02. The summed E-state index contributed by atoms with van der Waals surface area (Å²) in [6.07, 6.45) is 6.19. The zero-order chi connectivity index (χ0) is 17.9. The minimum atomic E-state index is -0.0280. The van der Waals surface area contributed by atoms with Crippen molar-refractivity contribution in [1.82, 2.24) is 20.5 Å². The summed E-state index contributed by atoms with van der Waals surface area (Å²) in [4.78, 5) is 22.0. The Labute approximate surface area is 149 Å². The van der Waals surface area contributed by atoms with Crippen molar-refractivity contribution < 1.29 is 9.53 Å². The molecule has 0 aliphatic carbocycles. The van der Waals surface area contributed by atoms with Gasteiger partial charge in [0.2, 0.25) is 5.91 Å². The van der Waals surface area contributed by atoms with Crippen LogP contribution in [0.4, 0.5) is 0 Å². The normalized spacial score (nSPS) is 17.8. The first-order valence-corrected chi connectivity index (χ1v) is 8.89. The fourth-order valence-corrected chi connectivity index (χ4v) is 2.50. The zero-order valence-corrected chi connectivity index (χ0v) is 15.2. The first kappa shape index (κ1) is 19.2. The first-order valence-electron chi connectivity index (χ1n) is 8.89. The summed E-state index contributed by atoms with van der Waals surface area (Å²) in [6, 6.07) is 5.88.